The molecule has 156 valence electrons. The average molecular weight is 426 g/mol. The molecular formula is C21H23N5O3S. The first kappa shape index (κ1) is 19.2. The van der Waals surface area contributed by atoms with E-state index >= 15 is 0 Å². The maximum atomic E-state index is 12.9. The summed E-state index contributed by atoms with van der Waals surface area (Å²) < 4.78 is 15.9. The highest BCUT2D eigenvalue weighted by atomic mass is 32.2. The van der Waals surface area contributed by atoms with Crippen LogP contribution in [0.2, 0.25) is 0 Å². The summed E-state index contributed by atoms with van der Waals surface area (Å²) in [6, 6.07) is 10.0. The van der Waals surface area contributed by atoms with Crippen molar-refractivity contribution in [1.82, 2.24) is 24.8 Å². The number of nitrogens with zero attached hydrogens (tertiary/aromatic N) is 5. The number of para-hydroxylation sites is 2. The van der Waals surface area contributed by atoms with Gasteiger partial charge in [0.1, 0.15) is 6.61 Å². The summed E-state index contributed by atoms with van der Waals surface area (Å²) in [5.74, 6) is 1.93. The monoisotopic (exact) mass is 425 g/mol. The maximum absolute atomic E-state index is 12.9. The molecule has 1 aliphatic carbocycles. The van der Waals surface area contributed by atoms with Gasteiger partial charge in [-0.2, -0.15) is 0 Å². The van der Waals surface area contributed by atoms with Crippen molar-refractivity contribution in [2.75, 3.05) is 12.4 Å². The third-order valence-electron chi connectivity index (χ3n) is 5.52. The van der Waals surface area contributed by atoms with Gasteiger partial charge < -0.3 is 14.0 Å². The summed E-state index contributed by atoms with van der Waals surface area (Å²) >= 11 is 1.40. The molecule has 0 bridgehead atoms. The van der Waals surface area contributed by atoms with Crippen molar-refractivity contribution in [3.8, 4) is 11.5 Å². The number of aromatic nitrogens is 5. The van der Waals surface area contributed by atoms with E-state index in [-0.39, 0.29) is 11.9 Å². The molecule has 2 aromatic heterocycles. The predicted molar refractivity (Wildman–Crippen MR) is 111 cm³/mol. The number of tetrazole rings is 1. The van der Waals surface area contributed by atoms with Crippen LogP contribution >= 0.6 is 11.8 Å². The van der Waals surface area contributed by atoms with Gasteiger partial charge in [0.15, 0.2) is 23.4 Å². The molecule has 1 saturated carbocycles. The minimum Gasteiger partial charge on any atom is -0.486 e. The maximum Gasteiger partial charge on any atom is 0.210 e. The number of ketones is 1. The van der Waals surface area contributed by atoms with Gasteiger partial charge in [0.05, 0.1) is 18.3 Å². The number of aryl methyl sites for hydroxylation is 1. The van der Waals surface area contributed by atoms with Crippen LogP contribution in [0.15, 0.2) is 35.5 Å². The largest absolute Gasteiger partial charge is 0.486 e. The lowest BCUT2D eigenvalue weighted by Gasteiger charge is -2.27. The summed E-state index contributed by atoms with van der Waals surface area (Å²) in [4.78, 5) is 12.9. The SMILES string of the molecule is Cc1cc(C(=O)CSc2nnnn2C2CC2)c(C)n1CC1COc2ccccc2O1. The van der Waals surface area contributed by atoms with Gasteiger partial charge in [-0.05, 0) is 55.3 Å². The molecule has 5 rings (SSSR count). The van der Waals surface area contributed by atoms with E-state index in [0.29, 0.717) is 30.1 Å². The molecule has 9 heteroatoms. The van der Waals surface area contributed by atoms with Gasteiger partial charge in [-0.25, -0.2) is 4.68 Å². The molecule has 1 aliphatic heterocycles. The molecule has 30 heavy (non-hydrogen) atoms. The second kappa shape index (κ2) is 7.79. The molecule has 2 aliphatic rings. The van der Waals surface area contributed by atoms with Crippen LogP contribution in [0.4, 0.5) is 0 Å². The van der Waals surface area contributed by atoms with E-state index in [1.54, 1.807) is 0 Å². The smallest absolute Gasteiger partial charge is 0.210 e. The van der Waals surface area contributed by atoms with Gasteiger partial charge in [0.2, 0.25) is 5.16 Å². The number of hydrogen-bond donors (Lipinski definition) is 0. The van der Waals surface area contributed by atoms with Crippen LogP contribution < -0.4 is 9.47 Å². The topological polar surface area (TPSA) is 84.1 Å². The molecule has 1 unspecified atom stereocenters. The molecule has 0 saturated heterocycles. The van der Waals surface area contributed by atoms with Crippen molar-refractivity contribution in [3.05, 3.63) is 47.3 Å². The average Bonchev–Trinajstić information content (AvgIpc) is 3.43. The molecular weight excluding hydrogens is 402 g/mol. The molecule has 0 amide bonds. The Bertz CT molecular complexity index is 1090. The standard InChI is InChI=1S/C21H23N5O3S/c1-13-9-17(18(27)12-30-21-22-23-24-26(21)15-7-8-15)14(2)25(13)10-16-11-28-19-5-3-4-6-20(19)29-16/h3-6,9,15-16H,7-8,10-12H2,1-2H3. The van der Waals surface area contributed by atoms with E-state index in [1.807, 2.05) is 48.9 Å². The molecule has 1 atom stereocenters. The van der Waals surface area contributed by atoms with Crippen LogP contribution in [-0.4, -0.2) is 49.0 Å². The Morgan fingerprint density at radius 1 is 1.23 bits per heavy atom. The lowest BCUT2D eigenvalue weighted by molar-refractivity contribution is 0.0777. The van der Waals surface area contributed by atoms with Crippen LogP contribution in [0, 0.1) is 13.8 Å². The van der Waals surface area contributed by atoms with Crippen molar-refractivity contribution in [2.24, 2.45) is 0 Å². The van der Waals surface area contributed by atoms with E-state index in [2.05, 4.69) is 20.1 Å². The Balaban J connectivity index is 1.26. The number of fused-ring (bicyclic) bond motifs is 1. The molecule has 1 fully saturated rings. The van der Waals surface area contributed by atoms with E-state index < -0.39 is 0 Å². The van der Waals surface area contributed by atoms with Gasteiger partial charge in [0.25, 0.3) is 0 Å². The summed E-state index contributed by atoms with van der Waals surface area (Å²) in [6.45, 7) is 5.11. The summed E-state index contributed by atoms with van der Waals surface area (Å²) in [6.07, 6.45) is 2.10. The molecule has 0 N–H and O–H groups in total. The zero-order valence-electron chi connectivity index (χ0n) is 16.9. The minimum absolute atomic E-state index is 0.0795. The van der Waals surface area contributed by atoms with Crippen molar-refractivity contribution >= 4 is 17.5 Å². The second-order valence-corrected chi connectivity index (χ2v) is 8.68. The number of carbonyl (C=O) groups excluding carboxylic acids is 1. The summed E-state index contributed by atoms with van der Waals surface area (Å²) in [5, 5.41) is 12.6. The Morgan fingerprint density at radius 2 is 2.03 bits per heavy atom. The van der Waals surface area contributed by atoms with Gasteiger partial charge in [-0.1, -0.05) is 23.9 Å². The first-order chi connectivity index (χ1) is 14.6. The number of Topliss-reactive ketones (excluding diaryl/α,β-unsaturated/α-hetero) is 1. The highest BCUT2D eigenvalue weighted by molar-refractivity contribution is 7.99. The Hall–Kier alpha value is -2.81. The van der Waals surface area contributed by atoms with Gasteiger partial charge in [-0.15, -0.1) is 5.10 Å². The Morgan fingerprint density at radius 3 is 2.83 bits per heavy atom. The minimum atomic E-state index is -0.106. The summed E-state index contributed by atoms with van der Waals surface area (Å²) in [5.41, 5.74) is 2.72. The lowest BCUT2D eigenvalue weighted by atomic mass is 10.2. The lowest BCUT2D eigenvalue weighted by Crippen LogP contribution is -2.33. The predicted octanol–water partition coefficient (Wildman–Crippen LogP) is 3.24. The zero-order chi connectivity index (χ0) is 20.7. The van der Waals surface area contributed by atoms with Crippen molar-refractivity contribution in [2.45, 2.75) is 50.5 Å². The highest BCUT2D eigenvalue weighted by Gasteiger charge is 2.28. The van der Waals surface area contributed by atoms with Crippen LogP contribution in [0.25, 0.3) is 0 Å². The van der Waals surface area contributed by atoms with Crippen LogP contribution in [0.1, 0.15) is 40.6 Å². The number of ether oxygens (including phenoxy) is 2. The number of carbonyl (C=O) groups is 1. The van der Waals surface area contributed by atoms with E-state index in [4.69, 9.17) is 9.47 Å². The van der Waals surface area contributed by atoms with Crippen LogP contribution in [0.5, 0.6) is 11.5 Å². The van der Waals surface area contributed by atoms with Crippen molar-refractivity contribution in [1.29, 1.82) is 0 Å². The fourth-order valence-electron chi connectivity index (χ4n) is 3.76. The van der Waals surface area contributed by atoms with Crippen LogP contribution in [-0.2, 0) is 6.54 Å². The van der Waals surface area contributed by atoms with E-state index in [1.165, 1.54) is 11.8 Å². The molecule has 8 nitrogen and oxygen atoms in total. The summed E-state index contributed by atoms with van der Waals surface area (Å²) in [7, 11) is 0. The zero-order valence-corrected chi connectivity index (χ0v) is 17.8. The molecule has 1 aromatic carbocycles. The first-order valence-electron chi connectivity index (χ1n) is 10.1. The molecule has 3 aromatic rings. The number of rotatable bonds is 7. The van der Waals surface area contributed by atoms with Gasteiger partial charge >= 0.3 is 0 Å². The van der Waals surface area contributed by atoms with E-state index in [0.717, 1.165) is 41.3 Å². The number of thioether (sulfide) groups is 1. The Kier molecular flexibility index (Phi) is 4.98. The molecule has 0 radical (unpaired) electrons. The normalized spacial score (nSPS) is 17.9. The third-order valence-corrected chi connectivity index (χ3v) is 6.45. The quantitative estimate of drug-likeness (QED) is 0.424. The van der Waals surface area contributed by atoms with Gasteiger partial charge in [0, 0.05) is 17.0 Å². The third kappa shape index (κ3) is 3.69. The highest BCUT2D eigenvalue weighted by Crippen LogP contribution is 2.36. The second-order valence-electron chi connectivity index (χ2n) is 7.74. The van der Waals surface area contributed by atoms with E-state index in [9.17, 15) is 4.79 Å². The van der Waals surface area contributed by atoms with Gasteiger partial charge in [-0.3, -0.25) is 4.79 Å². The number of hydrogen-bond acceptors (Lipinski definition) is 7. The fraction of sp³-hybridized carbons (Fsp3) is 0.429. The molecule has 3 heterocycles. The Labute approximate surface area is 178 Å². The fourth-order valence-corrected chi connectivity index (χ4v) is 4.59. The van der Waals surface area contributed by atoms with Crippen molar-refractivity contribution < 1.29 is 14.3 Å². The first-order valence-corrected chi connectivity index (χ1v) is 11.1. The van der Waals surface area contributed by atoms with Crippen molar-refractivity contribution in [3.63, 3.8) is 0 Å². The number of benzene rings is 1. The van der Waals surface area contributed by atoms with Crippen LogP contribution in [0.3, 0.4) is 0 Å². The molecule has 0 spiro atoms.